The minimum Gasteiger partial charge on any atom is -0.506 e. The van der Waals surface area contributed by atoms with Crippen molar-refractivity contribution in [2.45, 2.75) is 0 Å². The van der Waals surface area contributed by atoms with E-state index in [1.165, 1.54) is 12.4 Å². The average molecular weight is 169 g/mol. The fourth-order valence-corrected chi connectivity index (χ4v) is 1.18. The third-order valence-corrected chi connectivity index (χ3v) is 1.88. The third-order valence-electron chi connectivity index (χ3n) is 1.51. The van der Waals surface area contributed by atoms with E-state index in [2.05, 4.69) is 9.97 Å². The van der Waals surface area contributed by atoms with Gasteiger partial charge in [0.25, 0.3) is 0 Å². The van der Waals surface area contributed by atoms with Gasteiger partial charge < -0.3 is 10.1 Å². The molecule has 4 heteroatoms. The Balaban J connectivity index is 2.93. The lowest BCUT2D eigenvalue weighted by molar-refractivity contribution is 0.476. The number of nitrogens with one attached hydrogen (secondary N) is 1. The Hall–Kier alpha value is -1.22. The average Bonchev–Trinajstić information content (AvgIpc) is 2.45. The van der Waals surface area contributed by atoms with Crippen LogP contribution in [-0.2, 0) is 0 Å². The maximum absolute atomic E-state index is 9.15. The number of rotatable bonds is 0. The van der Waals surface area contributed by atoms with Gasteiger partial charge in [-0.25, -0.2) is 4.98 Å². The van der Waals surface area contributed by atoms with Crippen molar-refractivity contribution in [3.05, 3.63) is 23.5 Å². The van der Waals surface area contributed by atoms with E-state index in [0.717, 1.165) is 5.52 Å². The van der Waals surface area contributed by atoms with Crippen LogP contribution in [0.25, 0.3) is 11.0 Å². The number of phenols is 1. The van der Waals surface area contributed by atoms with E-state index in [1.54, 1.807) is 6.07 Å². The van der Waals surface area contributed by atoms with Gasteiger partial charge in [-0.2, -0.15) is 0 Å². The molecule has 0 aliphatic heterocycles. The zero-order valence-corrected chi connectivity index (χ0v) is 6.26. The molecule has 3 nitrogen and oxygen atoms in total. The summed E-state index contributed by atoms with van der Waals surface area (Å²) in [5.74, 6) is 0.0614. The van der Waals surface area contributed by atoms with Crippen molar-refractivity contribution in [2.24, 2.45) is 0 Å². The highest BCUT2D eigenvalue weighted by molar-refractivity contribution is 6.36. The fraction of sp³-hybridized carbons (Fsp3) is 0. The second-order valence-corrected chi connectivity index (χ2v) is 2.58. The van der Waals surface area contributed by atoms with Crippen LogP contribution in [0.3, 0.4) is 0 Å². The lowest BCUT2D eigenvalue weighted by Crippen LogP contribution is -1.72. The molecule has 0 unspecified atom stereocenters. The maximum atomic E-state index is 9.15. The second-order valence-electron chi connectivity index (χ2n) is 2.20. The number of halogens is 1. The number of imidazole rings is 1. The minimum atomic E-state index is 0.0614. The Morgan fingerprint density at radius 2 is 2.27 bits per heavy atom. The number of benzene rings is 1. The molecule has 0 spiro atoms. The van der Waals surface area contributed by atoms with Gasteiger partial charge in [0.1, 0.15) is 16.3 Å². The third kappa shape index (κ3) is 0.851. The van der Waals surface area contributed by atoms with Crippen molar-refractivity contribution < 1.29 is 5.11 Å². The molecule has 11 heavy (non-hydrogen) atoms. The Morgan fingerprint density at radius 3 is 3.09 bits per heavy atom. The molecule has 2 N–H and O–H groups in total. The lowest BCUT2D eigenvalue weighted by atomic mass is 10.3. The summed E-state index contributed by atoms with van der Waals surface area (Å²) in [6.07, 6.45) is 1.54. The Morgan fingerprint density at radius 1 is 1.45 bits per heavy atom. The van der Waals surface area contributed by atoms with Crippen LogP contribution >= 0.6 is 11.6 Å². The van der Waals surface area contributed by atoms with Gasteiger partial charge in [0.2, 0.25) is 0 Å². The molecule has 2 aromatic rings. The number of aromatic nitrogens is 2. The lowest BCUT2D eigenvalue weighted by Gasteiger charge is -1.94. The number of nitrogens with zero attached hydrogens (tertiary/aromatic N) is 1. The van der Waals surface area contributed by atoms with Crippen LogP contribution < -0.4 is 0 Å². The molecule has 0 atom stereocenters. The fourth-order valence-electron chi connectivity index (χ4n) is 0.963. The molecule has 0 bridgehead atoms. The van der Waals surface area contributed by atoms with E-state index in [0.29, 0.717) is 10.5 Å². The number of aromatic hydroxyl groups is 1. The first-order chi connectivity index (χ1) is 5.29. The first-order valence-electron chi connectivity index (χ1n) is 3.09. The molecule has 56 valence electrons. The van der Waals surface area contributed by atoms with Crippen LogP contribution in [0.15, 0.2) is 18.5 Å². The second kappa shape index (κ2) is 2.13. The molecule has 2 rings (SSSR count). The molecule has 1 aromatic heterocycles. The molecule has 0 fully saturated rings. The van der Waals surface area contributed by atoms with E-state index < -0.39 is 0 Å². The molecular formula is C7H5ClN2O. The van der Waals surface area contributed by atoms with Crippen molar-refractivity contribution >= 4 is 22.6 Å². The van der Waals surface area contributed by atoms with Crippen molar-refractivity contribution in [2.75, 3.05) is 0 Å². The van der Waals surface area contributed by atoms with Crippen molar-refractivity contribution in [3.63, 3.8) is 0 Å². The summed E-state index contributed by atoms with van der Waals surface area (Å²) in [5.41, 5.74) is 1.43. The van der Waals surface area contributed by atoms with Gasteiger partial charge in [0, 0.05) is 0 Å². The van der Waals surface area contributed by atoms with Crippen LogP contribution in [0, 0.1) is 0 Å². The summed E-state index contributed by atoms with van der Waals surface area (Å²) < 4.78 is 0. The summed E-state index contributed by atoms with van der Waals surface area (Å²) in [4.78, 5) is 6.81. The quantitative estimate of drug-likeness (QED) is 0.632. The van der Waals surface area contributed by atoms with Gasteiger partial charge >= 0.3 is 0 Å². The first-order valence-corrected chi connectivity index (χ1v) is 3.47. The van der Waals surface area contributed by atoms with Gasteiger partial charge in [0.15, 0.2) is 0 Å². The molecule has 0 amide bonds. The SMILES string of the molecule is Oc1ccc2[nH]cnc2c1Cl. The molecule has 0 saturated heterocycles. The van der Waals surface area contributed by atoms with Crippen LogP contribution in [-0.4, -0.2) is 15.1 Å². The summed E-state index contributed by atoms with van der Waals surface area (Å²) in [7, 11) is 0. The van der Waals surface area contributed by atoms with E-state index in [1.807, 2.05) is 0 Å². The van der Waals surface area contributed by atoms with Crippen molar-refractivity contribution in [1.82, 2.24) is 9.97 Å². The van der Waals surface area contributed by atoms with Crippen LogP contribution in [0.5, 0.6) is 5.75 Å². The monoisotopic (exact) mass is 168 g/mol. The Kier molecular flexibility index (Phi) is 1.26. The molecule has 0 saturated carbocycles. The maximum Gasteiger partial charge on any atom is 0.136 e. The number of fused-ring (bicyclic) bond motifs is 1. The topological polar surface area (TPSA) is 48.9 Å². The molecule has 1 aromatic carbocycles. The molecular weight excluding hydrogens is 164 g/mol. The highest BCUT2D eigenvalue weighted by Gasteiger charge is 2.04. The van der Waals surface area contributed by atoms with Gasteiger partial charge in [-0.1, -0.05) is 11.6 Å². The number of aromatic amines is 1. The first kappa shape index (κ1) is 6.49. The van der Waals surface area contributed by atoms with Crippen LogP contribution in [0.4, 0.5) is 0 Å². The van der Waals surface area contributed by atoms with Crippen molar-refractivity contribution in [3.8, 4) is 5.75 Å². The van der Waals surface area contributed by atoms with E-state index >= 15 is 0 Å². The normalized spacial score (nSPS) is 10.6. The zero-order chi connectivity index (χ0) is 7.84. The van der Waals surface area contributed by atoms with Gasteiger partial charge in [-0.3, -0.25) is 0 Å². The summed E-state index contributed by atoms with van der Waals surface area (Å²) in [6, 6.07) is 3.26. The van der Waals surface area contributed by atoms with E-state index in [9.17, 15) is 0 Å². The van der Waals surface area contributed by atoms with Gasteiger partial charge in [0.05, 0.1) is 11.8 Å². The molecule has 0 radical (unpaired) electrons. The van der Waals surface area contributed by atoms with Gasteiger partial charge in [-0.05, 0) is 12.1 Å². The minimum absolute atomic E-state index is 0.0614. The summed E-state index contributed by atoms with van der Waals surface area (Å²) in [6.45, 7) is 0. The highest BCUT2D eigenvalue weighted by atomic mass is 35.5. The zero-order valence-electron chi connectivity index (χ0n) is 5.50. The van der Waals surface area contributed by atoms with Crippen LogP contribution in [0.1, 0.15) is 0 Å². The van der Waals surface area contributed by atoms with Crippen molar-refractivity contribution in [1.29, 1.82) is 0 Å². The van der Waals surface area contributed by atoms with Gasteiger partial charge in [-0.15, -0.1) is 0 Å². The number of phenolic OH excluding ortho intramolecular Hbond substituents is 1. The molecule has 0 aliphatic carbocycles. The largest absolute Gasteiger partial charge is 0.506 e. The molecule has 1 heterocycles. The number of H-pyrrole nitrogens is 1. The summed E-state index contributed by atoms with van der Waals surface area (Å²) >= 11 is 5.73. The Labute approximate surface area is 67.6 Å². The smallest absolute Gasteiger partial charge is 0.136 e. The van der Waals surface area contributed by atoms with E-state index in [-0.39, 0.29) is 5.75 Å². The number of hydrogen-bond donors (Lipinski definition) is 2. The predicted octanol–water partition coefficient (Wildman–Crippen LogP) is 1.92. The predicted molar refractivity (Wildman–Crippen MR) is 42.8 cm³/mol. The molecule has 0 aliphatic rings. The standard InChI is InChI=1S/C7H5ClN2O/c8-6-5(11)2-1-4-7(6)10-3-9-4/h1-3,11H,(H,9,10). The summed E-state index contributed by atoms with van der Waals surface area (Å²) in [5, 5.41) is 9.44. The number of hydrogen-bond acceptors (Lipinski definition) is 2. The van der Waals surface area contributed by atoms with Crippen LogP contribution in [0.2, 0.25) is 5.02 Å². The Bertz CT molecular complexity index is 396. The highest BCUT2D eigenvalue weighted by Crippen LogP contribution is 2.29. The van der Waals surface area contributed by atoms with E-state index in [4.69, 9.17) is 16.7 Å².